The maximum atomic E-state index is 11.4. The van der Waals surface area contributed by atoms with Gasteiger partial charge < -0.3 is 9.63 Å². The summed E-state index contributed by atoms with van der Waals surface area (Å²) < 4.78 is 0. The number of carbonyl (C=O) groups is 3. The van der Waals surface area contributed by atoms with Gasteiger partial charge in [0.2, 0.25) is 0 Å². The summed E-state index contributed by atoms with van der Waals surface area (Å²) in [5.41, 5.74) is 0.322. The van der Waals surface area contributed by atoms with E-state index in [-0.39, 0.29) is 29.9 Å². The number of rotatable bonds is 2. The maximum Gasteiger partial charge on any atom is 2.00 e. The van der Waals surface area contributed by atoms with E-state index in [9.17, 15) is 14.4 Å². The van der Waals surface area contributed by atoms with Gasteiger partial charge in [0, 0.05) is 12.8 Å². The van der Waals surface area contributed by atoms with Gasteiger partial charge in [0.05, 0.1) is 0 Å². The molecule has 0 unspecified atom stereocenters. The fourth-order valence-electron chi connectivity index (χ4n) is 1.62. The summed E-state index contributed by atoms with van der Waals surface area (Å²) in [6, 6.07) is 16.4. The van der Waals surface area contributed by atoms with Crippen LogP contribution in [0.1, 0.15) is 23.2 Å². The van der Waals surface area contributed by atoms with Crippen molar-refractivity contribution in [2.45, 2.75) is 12.8 Å². The standard InChI is InChI=1S/C10H8NO4.C5H5.Fe/c12-8-5-6-9(13)11(8)15-10(14)7-3-1-2-4-7;1-2-4-5-3-1;/h1-4H,5-6H2;1-5H;/q2*-1;+2. The van der Waals surface area contributed by atoms with Gasteiger partial charge in [-0.2, -0.15) is 36.4 Å². The molecule has 0 aromatic heterocycles. The second kappa shape index (κ2) is 8.19. The molecular formula is C15H13FeNO4. The Bertz CT molecular complexity index is 542. The molecule has 1 heterocycles. The Morgan fingerprint density at radius 1 is 1.05 bits per heavy atom. The SMILES string of the molecule is O=C(ON1C(=O)CCC1=O)c1ccc[cH-]1.[Fe+2].c1cc[cH-]c1. The van der Waals surface area contributed by atoms with Crippen LogP contribution in [-0.2, 0) is 31.5 Å². The van der Waals surface area contributed by atoms with Crippen LogP contribution in [0.3, 0.4) is 0 Å². The van der Waals surface area contributed by atoms with Crippen LogP contribution in [0.5, 0.6) is 0 Å². The molecule has 0 N–H and O–H groups in total. The molecule has 6 heteroatoms. The van der Waals surface area contributed by atoms with Gasteiger partial charge >= 0.3 is 17.1 Å². The molecule has 3 rings (SSSR count). The number of amides is 2. The second-order valence-electron chi connectivity index (χ2n) is 4.10. The average molecular weight is 327 g/mol. The molecule has 0 atom stereocenters. The van der Waals surface area contributed by atoms with E-state index in [1.165, 1.54) is 0 Å². The van der Waals surface area contributed by atoms with Gasteiger partial charge in [0.1, 0.15) is 0 Å². The quantitative estimate of drug-likeness (QED) is 0.481. The Hall–Kier alpha value is -2.17. The predicted octanol–water partition coefficient (Wildman–Crippen LogP) is 2.03. The molecule has 2 aromatic rings. The summed E-state index contributed by atoms with van der Waals surface area (Å²) in [6.45, 7) is 0. The zero-order valence-corrected chi connectivity index (χ0v) is 12.1. The molecule has 0 bridgehead atoms. The van der Waals surface area contributed by atoms with Gasteiger partial charge in [-0.05, 0) is 0 Å². The number of hydrogen-bond acceptors (Lipinski definition) is 4. The Morgan fingerprint density at radius 2 is 1.67 bits per heavy atom. The molecule has 0 saturated carbocycles. The summed E-state index contributed by atoms with van der Waals surface area (Å²) in [5, 5.41) is 0.537. The Kier molecular flexibility index (Phi) is 6.59. The van der Waals surface area contributed by atoms with Gasteiger partial charge in [-0.15, -0.1) is 11.1 Å². The third-order valence-electron chi connectivity index (χ3n) is 2.63. The smallest absolute Gasteiger partial charge is 0.372 e. The van der Waals surface area contributed by atoms with E-state index in [1.807, 2.05) is 30.3 Å². The topological polar surface area (TPSA) is 63.7 Å². The van der Waals surface area contributed by atoms with Crippen molar-refractivity contribution in [3.63, 3.8) is 0 Å². The monoisotopic (exact) mass is 327 g/mol. The van der Waals surface area contributed by atoms with E-state index in [0.29, 0.717) is 10.6 Å². The van der Waals surface area contributed by atoms with Crippen molar-refractivity contribution >= 4 is 17.8 Å². The molecule has 0 radical (unpaired) electrons. The molecule has 1 saturated heterocycles. The molecule has 2 amide bonds. The molecule has 1 aliphatic rings. The second-order valence-corrected chi connectivity index (χ2v) is 4.10. The van der Waals surface area contributed by atoms with E-state index in [1.54, 1.807) is 24.3 Å². The van der Waals surface area contributed by atoms with Crippen LogP contribution in [0.2, 0.25) is 0 Å². The fraction of sp³-hybridized carbons (Fsp3) is 0.133. The van der Waals surface area contributed by atoms with Crippen molar-refractivity contribution in [3.05, 3.63) is 60.2 Å². The van der Waals surface area contributed by atoms with Gasteiger partial charge in [0.15, 0.2) is 0 Å². The molecule has 0 spiro atoms. The van der Waals surface area contributed by atoms with Crippen LogP contribution < -0.4 is 0 Å². The van der Waals surface area contributed by atoms with Gasteiger partial charge in [-0.3, -0.25) is 9.59 Å². The zero-order chi connectivity index (χ0) is 14.4. The summed E-state index contributed by atoms with van der Waals surface area (Å²) in [5.74, 6) is -1.64. The number of imide groups is 1. The first kappa shape index (κ1) is 16.9. The van der Waals surface area contributed by atoms with Crippen LogP contribution in [0, 0.1) is 0 Å². The third-order valence-corrected chi connectivity index (χ3v) is 2.63. The van der Waals surface area contributed by atoms with E-state index >= 15 is 0 Å². The first-order valence-electron chi connectivity index (χ1n) is 6.15. The average Bonchev–Trinajstić information content (AvgIpc) is 3.18. The number of carbonyl (C=O) groups excluding carboxylic acids is 3. The molecule has 5 nitrogen and oxygen atoms in total. The molecule has 1 aliphatic heterocycles. The Morgan fingerprint density at radius 3 is 2.10 bits per heavy atom. The minimum atomic E-state index is -0.691. The molecule has 0 aliphatic carbocycles. The fourth-order valence-corrected chi connectivity index (χ4v) is 1.62. The van der Waals surface area contributed by atoms with Crippen LogP contribution in [0.25, 0.3) is 0 Å². The van der Waals surface area contributed by atoms with Crippen molar-refractivity contribution in [1.29, 1.82) is 0 Å². The van der Waals surface area contributed by atoms with Crippen molar-refractivity contribution in [2.24, 2.45) is 0 Å². The summed E-state index contributed by atoms with van der Waals surface area (Å²) in [7, 11) is 0. The van der Waals surface area contributed by atoms with Crippen LogP contribution in [0.15, 0.2) is 54.6 Å². The maximum absolute atomic E-state index is 11.4. The van der Waals surface area contributed by atoms with Crippen molar-refractivity contribution < 1.29 is 36.3 Å². The minimum absolute atomic E-state index is 0. The molecule has 2 aromatic carbocycles. The number of nitrogens with zero attached hydrogens (tertiary/aromatic N) is 1. The van der Waals surface area contributed by atoms with E-state index in [2.05, 4.69) is 4.84 Å². The van der Waals surface area contributed by atoms with Crippen molar-refractivity contribution in [3.8, 4) is 0 Å². The van der Waals surface area contributed by atoms with Gasteiger partial charge in [0.25, 0.3) is 17.8 Å². The van der Waals surface area contributed by atoms with E-state index < -0.39 is 17.8 Å². The summed E-state index contributed by atoms with van der Waals surface area (Å²) >= 11 is 0. The van der Waals surface area contributed by atoms with E-state index in [4.69, 9.17) is 0 Å². The summed E-state index contributed by atoms with van der Waals surface area (Å²) in [4.78, 5) is 38.3. The molecule has 21 heavy (non-hydrogen) atoms. The first-order valence-corrected chi connectivity index (χ1v) is 6.15. The van der Waals surface area contributed by atoms with E-state index in [0.717, 1.165) is 0 Å². The zero-order valence-electron chi connectivity index (χ0n) is 11.0. The first-order chi connectivity index (χ1) is 9.68. The predicted molar refractivity (Wildman–Crippen MR) is 70.6 cm³/mol. The van der Waals surface area contributed by atoms with Crippen LogP contribution in [0.4, 0.5) is 0 Å². The van der Waals surface area contributed by atoms with Gasteiger partial charge in [-0.1, -0.05) is 5.56 Å². The summed E-state index contributed by atoms with van der Waals surface area (Å²) in [6.07, 6.45) is 0.209. The minimum Gasteiger partial charge on any atom is -0.372 e. The Balaban J connectivity index is 0.000000313. The Labute approximate surface area is 132 Å². The van der Waals surface area contributed by atoms with Crippen LogP contribution in [-0.4, -0.2) is 22.8 Å². The molecule has 110 valence electrons. The van der Waals surface area contributed by atoms with Crippen LogP contribution >= 0.6 is 0 Å². The largest absolute Gasteiger partial charge is 2.00 e. The molecule has 1 fully saturated rings. The third kappa shape index (κ3) is 4.70. The van der Waals surface area contributed by atoms with Gasteiger partial charge in [-0.25, -0.2) is 12.1 Å². The van der Waals surface area contributed by atoms with Crippen molar-refractivity contribution in [2.75, 3.05) is 0 Å². The number of hydrogen-bond donors (Lipinski definition) is 0. The normalized spacial score (nSPS) is 13.2. The molecular weight excluding hydrogens is 314 g/mol. The van der Waals surface area contributed by atoms with Crippen molar-refractivity contribution in [1.82, 2.24) is 5.06 Å². The number of hydroxylamine groups is 2.